The number of hydrogen-bond donors (Lipinski definition) is 2. The van der Waals surface area contributed by atoms with E-state index in [4.69, 9.17) is 5.84 Å². The van der Waals surface area contributed by atoms with Gasteiger partial charge in [0.15, 0.2) is 0 Å². The average Bonchev–Trinajstić information content (AvgIpc) is 2.25. The zero-order chi connectivity index (χ0) is 12.6. The van der Waals surface area contributed by atoms with Crippen molar-refractivity contribution in [1.29, 1.82) is 0 Å². The van der Waals surface area contributed by atoms with E-state index in [9.17, 15) is 0 Å². The SMILES string of the molecule is CSCCC(C)N(C)C(=NCC(C)C)NN. The Morgan fingerprint density at radius 2 is 2.06 bits per heavy atom. The lowest BCUT2D eigenvalue weighted by Crippen LogP contribution is -2.47. The number of nitrogens with zero attached hydrogens (tertiary/aromatic N) is 2. The van der Waals surface area contributed by atoms with E-state index in [-0.39, 0.29) is 0 Å². The van der Waals surface area contributed by atoms with Gasteiger partial charge < -0.3 is 4.90 Å². The standard InChI is InChI=1S/C11H26N4S/c1-9(2)8-13-11(14-12)15(4)10(3)6-7-16-5/h9-10H,6-8,12H2,1-5H3,(H,13,14). The second-order valence-electron chi connectivity index (χ2n) is 4.44. The Morgan fingerprint density at radius 3 is 2.50 bits per heavy atom. The van der Waals surface area contributed by atoms with Gasteiger partial charge in [0.05, 0.1) is 0 Å². The van der Waals surface area contributed by atoms with Gasteiger partial charge in [0.2, 0.25) is 5.96 Å². The van der Waals surface area contributed by atoms with Gasteiger partial charge >= 0.3 is 0 Å². The van der Waals surface area contributed by atoms with E-state index >= 15 is 0 Å². The van der Waals surface area contributed by atoms with Crippen molar-refractivity contribution in [1.82, 2.24) is 10.3 Å². The van der Waals surface area contributed by atoms with Gasteiger partial charge in [-0.1, -0.05) is 13.8 Å². The van der Waals surface area contributed by atoms with E-state index in [0.29, 0.717) is 12.0 Å². The van der Waals surface area contributed by atoms with E-state index in [1.54, 1.807) is 0 Å². The van der Waals surface area contributed by atoms with Crippen LogP contribution >= 0.6 is 11.8 Å². The fraction of sp³-hybridized carbons (Fsp3) is 0.909. The van der Waals surface area contributed by atoms with Crippen molar-refractivity contribution in [2.24, 2.45) is 16.8 Å². The third-order valence-electron chi connectivity index (χ3n) is 2.47. The van der Waals surface area contributed by atoms with E-state index in [2.05, 4.69) is 42.3 Å². The van der Waals surface area contributed by atoms with Crippen molar-refractivity contribution in [2.45, 2.75) is 33.2 Å². The monoisotopic (exact) mass is 246 g/mol. The summed E-state index contributed by atoms with van der Waals surface area (Å²) in [6.45, 7) is 7.29. The summed E-state index contributed by atoms with van der Waals surface area (Å²) in [7, 11) is 2.03. The van der Waals surface area contributed by atoms with E-state index in [1.807, 2.05) is 18.8 Å². The Hall–Kier alpha value is -0.420. The molecule has 4 nitrogen and oxygen atoms in total. The summed E-state index contributed by atoms with van der Waals surface area (Å²) in [5.74, 6) is 7.99. The van der Waals surface area contributed by atoms with Gasteiger partial charge in [0.1, 0.15) is 0 Å². The molecule has 0 aliphatic carbocycles. The number of hydrogen-bond acceptors (Lipinski definition) is 3. The second-order valence-corrected chi connectivity index (χ2v) is 5.43. The molecule has 0 heterocycles. The number of hydrazine groups is 1. The van der Waals surface area contributed by atoms with Gasteiger partial charge in [-0.3, -0.25) is 10.4 Å². The second kappa shape index (κ2) is 8.70. The molecule has 0 aliphatic heterocycles. The molecular formula is C11H26N4S. The normalized spacial score (nSPS) is 14.1. The van der Waals surface area contributed by atoms with Crippen molar-refractivity contribution in [3.05, 3.63) is 0 Å². The summed E-state index contributed by atoms with van der Waals surface area (Å²) in [5, 5.41) is 0. The highest BCUT2D eigenvalue weighted by atomic mass is 32.2. The molecule has 0 radical (unpaired) electrons. The van der Waals surface area contributed by atoms with Crippen LogP contribution in [-0.4, -0.2) is 42.5 Å². The molecule has 0 aliphatic rings. The molecule has 0 amide bonds. The first-order chi connectivity index (χ1) is 7.52. The fourth-order valence-electron chi connectivity index (χ4n) is 1.22. The first-order valence-electron chi connectivity index (χ1n) is 5.75. The van der Waals surface area contributed by atoms with Crippen LogP contribution in [0.3, 0.4) is 0 Å². The molecule has 0 saturated carbocycles. The Kier molecular flexibility index (Phi) is 8.47. The zero-order valence-corrected chi connectivity index (χ0v) is 12.0. The fourth-order valence-corrected chi connectivity index (χ4v) is 1.80. The number of nitrogens with one attached hydrogen (secondary N) is 1. The number of thioether (sulfide) groups is 1. The third-order valence-corrected chi connectivity index (χ3v) is 3.11. The highest BCUT2D eigenvalue weighted by Crippen LogP contribution is 2.06. The number of guanidine groups is 1. The Balaban J connectivity index is 4.27. The minimum absolute atomic E-state index is 0.453. The predicted molar refractivity (Wildman–Crippen MR) is 74.7 cm³/mol. The van der Waals surface area contributed by atoms with Crippen molar-refractivity contribution < 1.29 is 0 Å². The first kappa shape index (κ1) is 15.6. The highest BCUT2D eigenvalue weighted by molar-refractivity contribution is 7.98. The summed E-state index contributed by atoms with van der Waals surface area (Å²) >= 11 is 1.87. The largest absolute Gasteiger partial charge is 0.342 e. The van der Waals surface area contributed by atoms with Gasteiger partial charge in [0, 0.05) is 19.6 Å². The molecule has 0 saturated heterocycles. The van der Waals surface area contributed by atoms with Crippen molar-refractivity contribution >= 4 is 17.7 Å². The minimum atomic E-state index is 0.453. The molecule has 1 atom stereocenters. The van der Waals surface area contributed by atoms with Gasteiger partial charge in [0.25, 0.3) is 0 Å². The first-order valence-corrected chi connectivity index (χ1v) is 7.15. The maximum Gasteiger partial charge on any atom is 0.208 e. The summed E-state index contributed by atoms with van der Waals surface area (Å²) < 4.78 is 0. The highest BCUT2D eigenvalue weighted by Gasteiger charge is 2.12. The van der Waals surface area contributed by atoms with Crippen molar-refractivity contribution in [3.63, 3.8) is 0 Å². The maximum atomic E-state index is 5.50. The molecule has 0 bridgehead atoms. The summed E-state index contributed by atoms with van der Waals surface area (Å²) in [4.78, 5) is 6.58. The quantitative estimate of drug-likeness (QED) is 0.323. The molecule has 96 valence electrons. The van der Waals surface area contributed by atoms with Crippen LogP contribution in [0, 0.1) is 5.92 Å². The van der Waals surface area contributed by atoms with Crippen LogP contribution in [0.25, 0.3) is 0 Å². The molecular weight excluding hydrogens is 220 g/mol. The lowest BCUT2D eigenvalue weighted by molar-refractivity contribution is 0.368. The minimum Gasteiger partial charge on any atom is -0.342 e. The van der Waals surface area contributed by atoms with Crippen LogP contribution in [0.5, 0.6) is 0 Å². The molecule has 0 aromatic carbocycles. The van der Waals surface area contributed by atoms with Gasteiger partial charge in [-0.05, 0) is 31.3 Å². The number of nitrogens with two attached hydrogens (primary N) is 1. The predicted octanol–water partition coefficient (Wildman–Crippen LogP) is 1.54. The van der Waals surface area contributed by atoms with Gasteiger partial charge in [-0.25, -0.2) is 5.84 Å². The van der Waals surface area contributed by atoms with E-state index in [0.717, 1.165) is 24.7 Å². The molecule has 0 spiro atoms. The number of rotatable bonds is 6. The van der Waals surface area contributed by atoms with Gasteiger partial charge in [-0.2, -0.15) is 11.8 Å². The molecule has 5 heteroatoms. The van der Waals surface area contributed by atoms with Crippen LogP contribution in [0.1, 0.15) is 27.2 Å². The van der Waals surface area contributed by atoms with Crippen LogP contribution in [-0.2, 0) is 0 Å². The van der Waals surface area contributed by atoms with Crippen LogP contribution in [0.2, 0.25) is 0 Å². The molecule has 0 fully saturated rings. The maximum absolute atomic E-state index is 5.50. The lowest BCUT2D eigenvalue weighted by atomic mass is 10.2. The molecule has 0 aromatic heterocycles. The average molecular weight is 246 g/mol. The molecule has 16 heavy (non-hydrogen) atoms. The Labute approximate surface area is 104 Å². The van der Waals surface area contributed by atoms with Crippen LogP contribution < -0.4 is 11.3 Å². The Morgan fingerprint density at radius 1 is 1.44 bits per heavy atom. The lowest BCUT2D eigenvalue weighted by Gasteiger charge is -2.27. The van der Waals surface area contributed by atoms with E-state index < -0.39 is 0 Å². The summed E-state index contributed by atoms with van der Waals surface area (Å²) in [6.07, 6.45) is 3.27. The van der Waals surface area contributed by atoms with Crippen LogP contribution in [0.4, 0.5) is 0 Å². The molecule has 3 N–H and O–H groups in total. The molecule has 0 aromatic rings. The molecule has 0 rings (SSSR count). The van der Waals surface area contributed by atoms with Crippen molar-refractivity contribution in [2.75, 3.05) is 25.6 Å². The van der Waals surface area contributed by atoms with E-state index in [1.165, 1.54) is 0 Å². The van der Waals surface area contributed by atoms with Gasteiger partial charge in [-0.15, -0.1) is 0 Å². The van der Waals surface area contributed by atoms with Crippen LogP contribution in [0.15, 0.2) is 4.99 Å². The topological polar surface area (TPSA) is 53.6 Å². The Bertz CT molecular complexity index is 206. The zero-order valence-electron chi connectivity index (χ0n) is 11.2. The number of aliphatic imine (C=N–C) groups is 1. The third kappa shape index (κ3) is 6.23. The van der Waals surface area contributed by atoms with Crippen molar-refractivity contribution in [3.8, 4) is 0 Å². The smallest absolute Gasteiger partial charge is 0.208 e. The molecule has 1 unspecified atom stereocenters. The summed E-state index contributed by atoms with van der Waals surface area (Å²) in [5.41, 5.74) is 2.68. The summed E-state index contributed by atoms with van der Waals surface area (Å²) in [6, 6.07) is 0.453.